The Kier molecular flexibility index (Phi) is 11.8. The van der Waals surface area contributed by atoms with Gasteiger partial charge in [0.2, 0.25) is 5.91 Å². The van der Waals surface area contributed by atoms with Crippen LogP contribution in [-0.4, -0.2) is 56.0 Å². The molecule has 1 fully saturated rings. The molecule has 1 aromatic carbocycles. The lowest BCUT2D eigenvalue weighted by Crippen LogP contribution is -2.46. The van der Waals surface area contributed by atoms with Crippen molar-refractivity contribution in [3.8, 4) is 0 Å². The van der Waals surface area contributed by atoms with Crippen LogP contribution in [0.3, 0.4) is 0 Å². The predicted molar refractivity (Wildman–Crippen MR) is 130 cm³/mol. The van der Waals surface area contributed by atoms with Gasteiger partial charge in [0.15, 0.2) is 5.96 Å². The fourth-order valence-corrected chi connectivity index (χ4v) is 3.38. The fraction of sp³-hybridized carbons (Fsp3) is 0.591. The first-order valence-electron chi connectivity index (χ1n) is 10.4. The molecule has 0 saturated heterocycles. The third kappa shape index (κ3) is 8.49. The number of guanidine groups is 1. The minimum absolute atomic E-state index is 0. The van der Waals surface area contributed by atoms with Crippen molar-refractivity contribution < 1.29 is 14.3 Å². The van der Waals surface area contributed by atoms with Crippen LogP contribution in [0.2, 0.25) is 0 Å². The number of hydrogen-bond acceptors (Lipinski definition) is 4. The molecule has 0 aliphatic heterocycles. The molecule has 2 N–H and O–H groups in total. The lowest BCUT2D eigenvalue weighted by atomic mass is 9.86. The number of carbonyl (C=O) groups excluding carboxylic acids is 2. The minimum Gasteiger partial charge on any atom is -0.466 e. The van der Waals surface area contributed by atoms with Crippen LogP contribution in [0.15, 0.2) is 35.3 Å². The Balaban J connectivity index is 0.00000450. The number of halogens is 1. The molecule has 0 aromatic heterocycles. The zero-order chi connectivity index (χ0) is 21.2. The van der Waals surface area contributed by atoms with Crippen molar-refractivity contribution >= 4 is 41.8 Å². The van der Waals surface area contributed by atoms with Crippen LogP contribution in [0.4, 0.5) is 0 Å². The van der Waals surface area contributed by atoms with Crippen LogP contribution < -0.4 is 10.6 Å². The highest BCUT2D eigenvalue weighted by Crippen LogP contribution is 2.25. The van der Waals surface area contributed by atoms with Gasteiger partial charge in [-0.3, -0.25) is 9.59 Å². The number of nitrogens with zero attached hydrogens (tertiary/aromatic N) is 2. The number of ether oxygens (including phenoxy) is 1. The fourth-order valence-electron chi connectivity index (χ4n) is 3.38. The molecule has 30 heavy (non-hydrogen) atoms. The molecule has 1 unspecified atom stereocenters. The highest BCUT2D eigenvalue weighted by atomic mass is 127. The molecule has 1 aliphatic carbocycles. The van der Waals surface area contributed by atoms with Crippen LogP contribution in [0, 0.1) is 5.92 Å². The van der Waals surface area contributed by atoms with E-state index in [4.69, 9.17) is 4.74 Å². The summed E-state index contributed by atoms with van der Waals surface area (Å²) in [5, 5.41) is 6.86. The summed E-state index contributed by atoms with van der Waals surface area (Å²) in [5.41, 5.74) is 1.15. The molecule has 0 radical (unpaired) electrons. The zero-order valence-electron chi connectivity index (χ0n) is 18.4. The van der Waals surface area contributed by atoms with E-state index in [0.717, 1.165) is 31.2 Å². The molecule has 8 heteroatoms. The number of aliphatic imine (C=N–C) groups is 1. The molecule has 2 rings (SSSR count). The summed E-state index contributed by atoms with van der Waals surface area (Å²) in [5.74, 6) is 0.466. The van der Waals surface area contributed by atoms with Crippen molar-refractivity contribution in [2.45, 2.75) is 51.6 Å². The summed E-state index contributed by atoms with van der Waals surface area (Å²) in [6.07, 6.45) is 3.33. The molecule has 0 heterocycles. The molecular weight excluding hydrogens is 495 g/mol. The van der Waals surface area contributed by atoms with E-state index >= 15 is 0 Å². The summed E-state index contributed by atoms with van der Waals surface area (Å²) in [6, 6.07) is 10.4. The number of hydrogen-bond donors (Lipinski definition) is 2. The first kappa shape index (κ1) is 26.2. The topological polar surface area (TPSA) is 83.0 Å². The largest absolute Gasteiger partial charge is 0.466 e. The molecule has 0 spiro atoms. The highest BCUT2D eigenvalue weighted by molar-refractivity contribution is 14.0. The first-order chi connectivity index (χ1) is 13.9. The first-order valence-corrected chi connectivity index (χ1v) is 10.4. The van der Waals surface area contributed by atoms with E-state index in [9.17, 15) is 9.59 Å². The molecule has 1 aliphatic rings. The smallest absolute Gasteiger partial charge is 0.308 e. The average molecular weight is 530 g/mol. The van der Waals surface area contributed by atoms with Crippen LogP contribution in [0.25, 0.3) is 0 Å². The molecule has 1 saturated carbocycles. The molecule has 0 bridgehead atoms. The van der Waals surface area contributed by atoms with Crippen molar-refractivity contribution in [1.29, 1.82) is 0 Å². The summed E-state index contributed by atoms with van der Waals surface area (Å²) in [4.78, 5) is 30.0. The van der Waals surface area contributed by atoms with E-state index in [-0.39, 0.29) is 60.4 Å². The van der Waals surface area contributed by atoms with Gasteiger partial charge in [0, 0.05) is 20.1 Å². The lowest BCUT2D eigenvalue weighted by Gasteiger charge is -2.30. The van der Waals surface area contributed by atoms with Gasteiger partial charge in [-0.25, -0.2) is 4.99 Å². The molecule has 168 valence electrons. The van der Waals surface area contributed by atoms with Gasteiger partial charge in [-0.1, -0.05) is 30.3 Å². The van der Waals surface area contributed by atoms with Crippen LogP contribution in [0.5, 0.6) is 0 Å². The van der Waals surface area contributed by atoms with Crippen molar-refractivity contribution in [3.63, 3.8) is 0 Å². The summed E-state index contributed by atoms with van der Waals surface area (Å²) in [6.45, 7) is 4.41. The average Bonchev–Trinajstić information content (AvgIpc) is 2.73. The second-order valence-corrected chi connectivity index (χ2v) is 7.67. The number of benzene rings is 1. The van der Waals surface area contributed by atoms with Gasteiger partial charge in [0.1, 0.15) is 6.54 Å². The maximum absolute atomic E-state index is 12.0. The number of carbonyl (C=O) groups is 2. The van der Waals surface area contributed by atoms with E-state index in [2.05, 4.69) is 34.7 Å². The lowest BCUT2D eigenvalue weighted by molar-refractivity contribution is -0.149. The number of esters is 1. The molecular formula is C22H35IN4O3. The third-order valence-electron chi connectivity index (χ3n) is 5.21. The van der Waals surface area contributed by atoms with E-state index in [0.29, 0.717) is 12.6 Å². The molecule has 7 nitrogen and oxygen atoms in total. The van der Waals surface area contributed by atoms with Gasteiger partial charge in [-0.2, -0.15) is 0 Å². The van der Waals surface area contributed by atoms with E-state index in [1.54, 1.807) is 14.1 Å². The van der Waals surface area contributed by atoms with Gasteiger partial charge in [-0.05, 0) is 45.1 Å². The molecule has 1 amide bonds. The van der Waals surface area contributed by atoms with E-state index in [1.165, 1.54) is 4.90 Å². The Bertz CT molecular complexity index is 689. The second-order valence-electron chi connectivity index (χ2n) is 7.67. The number of likely N-dealkylation sites (N-methyl/N-ethyl adjacent to an activating group) is 1. The monoisotopic (exact) mass is 530 g/mol. The Morgan fingerprint density at radius 2 is 1.80 bits per heavy atom. The summed E-state index contributed by atoms with van der Waals surface area (Å²) in [7, 11) is 3.45. The Hall–Kier alpha value is -1.84. The maximum Gasteiger partial charge on any atom is 0.308 e. The summed E-state index contributed by atoms with van der Waals surface area (Å²) >= 11 is 0. The minimum atomic E-state index is -0.0905. The number of nitrogens with one attached hydrogen (secondary N) is 2. The predicted octanol–water partition coefficient (Wildman–Crippen LogP) is 3.11. The van der Waals surface area contributed by atoms with E-state index in [1.807, 2.05) is 25.1 Å². The van der Waals surface area contributed by atoms with Crippen molar-refractivity contribution in [1.82, 2.24) is 15.5 Å². The van der Waals surface area contributed by atoms with Gasteiger partial charge in [0.05, 0.1) is 18.6 Å². The van der Waals surface area contributed by atoms with Crippen LogP contribution >= 0.6 is 24.0 Å². The van der Waals surface area contributed by atoms with Crippen molar-refractivity contribution in [2.24, 2.45) is 10.9 Å². The molecule has 1 aromatic rings. The zero-order valence-corrected chi connectivity index (χ0v) is 20.7. The van der Waals surface area contributed by atoms with Gasteiger partial charge in [0.25, 0.3) is 0 Å². The van der Waals surface area contributed by atoms with E-state index < -0.39 is 0 Å². The Labute approximate surface area is 197 Å². The third-order valence-corrected chi connectivity index (χ3v) is 5.21. The summed E-state index contributed by atoms with van der Waals surface area (Å²) < 4.78 is 5.15. The normalized spacial score (nSPS) is 19.8. The Morgan fingerprint density at radius 1 is 1.17 bits per heavy atom. The SMILES string of the molecule is CCOC(=O)C1CCC(NC(=NCC(=O)N(C)C)NC(C)c2ccccc2)CC1.I. The van der Waals surface area contributed by atoms with Gasteiger partial charge >= 0.3 is 5.97 Å². The van der Waals surface area contributed by atoms with Crippen LogP contribution in [-0.2, 0) is 14.3 Å². The van der Waals surface area contributed by atoms with Crippen LogP contribution in [0.1, 0.15) is 51.1 Å². The van der Waals surface area contributed by atoms with Crippen molar-refractivity contribution in [3.05, 3.63) is 35.9 Å². The molecule has 1 atom stereocenters. The quantitative estimate of drug-likeness (QED) is 0.245. The Morgan fingerprint density at radius 3 is 2.37 bits per heavy atom. The standard InChI is InChI=1S/C22H34N4O3.HI/c1-5-29-21(28)18-11-13-19(14-12-18)25-22(23-15-20(27)26(3)4)24-16(2)17-9-7-6-8-10-17;/h6-10,16,18-19H,5,11-15H2,1-4H3,(H2,23,24,25);1H. The second kappa shape index (κ2) is 13.5. The van der Waals surface area contributed by atoms with Gasteiger partial charge < -0.3 is 20.3 Å². The highest BCUT2D eigenvalue weighted by Gasteiger charge is 2.28. The number of amides is 1. The number of rotatable bonds is 7. The van der Waals surface area contributed by atoms with Gasteiger partial charge in [-0.15, -0.1) is 24.0 Å². The maximum atomic E-state index is 12.0. The van der Waals surface area contributed by atoms with Crippen molar-refractivity contribution in [2.75, 3.05) is 27.2 Å².